The summed E-state index contributed by atoms with van der Waals surface area (Å²) in [5.74, 6) is -0.00949. The van der Waals surface area contributed by atoms with E-state index in [2.05, 4.69) is 15.6 Å². The van der Waals surface area contributed by atoms with E-state index in [9.17, 15) is 9.59 Å². The highest BCUT2D eigenvalue weighted by Crippen LogP contribution is 2.09. The number of hydrogen-bond acceptors (Lipinski definition) is 4. The Kier molecular flexibility index (Phi) is 6.11. The zero-order chi connectivity index (χ0) is 16.5. The summed E-state index contributed by atoms with van der Waals surface area (Å²) < 4.78 is 5.30. The number of aromatic nitrogens is 1. The van der Waals surface area contributed by atoms with Crippen LogP contribution >= 0.6 is 0 Å². The molecule has 1 heterocycles. The number of nitrogens with one attached hydrogen (secondary N) is 2. The lowest BCUT2D eigenvalue weighted by atomic mass is 10.1. The summed E-state index contributed by atoms with van der Waals surface area (Å²) >= 11 is 0. The van der Waals surface area contributed by atoms with Gasteiger partial charge in [0.25, 0.3) is 5.91 Å². The number of ether oxygens (including phenoxy) is 1. The number of para-hydroxylation sites is 1. The predicted octanol–water partition coefficient (Wildman–Crippen LogP) is 1.45. The van der Waals surface area contributed by atoms with Crippen LogP contribution in [0.3, 0.4) is 0 Å². The molecular weight excluding hydrogens is 294 g/mol. The maximum atomic E-state index is 11.8. The number of benzene rings is 1. The lowest BCUT2D eigenvalue weighted by Crippen LogP contribution is -2.39. The van der Waals surface area contributed by atoms with Gasteiger partial charge in [-0.3, -0.25) is 14.6 Å². The molecule has 0 saturated heterocycles. The highest BCUT2D eigenvalue weighted by atomic mass is 16.5. The van der Waals surface area contributed by atoms with Gasteiger partial charge in [0.15, 0.2) is 6.61 Å². The van der Waals surface area contributed by atoms with Gasteiger partial charge in [0.05, 0.1) is 12.6 Å². The Hall–Kier alpha value is -2.89. The number of pyridine rings is 1. The van der Waals surface area contributed by atoms with Crippen LogP contribution in [0.15, 0.2) is 54.9 Å². The number of carbonyl (C=O) groups is 2. The summed E-state index contributed by atoms with van der Waals surface area (Å²) in [6, 6.07) is 12.5. The molecule has 0 aliphatic heterocycles. The number of carbonyl (C=O) groups excluding carboxylic acids is 2. The van der Waals surface area contributed by atoms with Crippen molar-refractivity contribution < 1.29 is 14.3 Å². The van der Waals surface area contributed by atoms with Crippen molar-refractivity contribution in [1.29, 1.82) is 0 Å². The van der Waals surface area contributed by atoms with E-state index >= 15 is 0 Å². The molecule has 0 aliphatic carbocycles. The van der Waals surface area contributed by atoms with E-state index in [0.717, 1.165) is 5.56 Å². The molecule has 1 aromatic carbocycles. The van der Waals surface area contributed by atoms with Gasteiger partial charge in [0.2, 0.25) is 5.91 Å². The molecule has 1 aromatic heterocycles. The molecule has 6 heteroatoms. The summed E-state index contributed by atoms with van der Waals surface area (Å²) in [5.41, 5.74) is 0.902. The van der Waals surface area contributed by atoms with E-state index in [1.807, 2.05) is 31.2 Å². The molecule has 1 atom stereocenters. The zero-order valence-corrected chi connectivity index (χ0v) is 12.9. The van der Waals surface area contributed by atoms with E-state index in [1.54, 1.807) is 30.6 Å². The Morgan fingerprint density at radius 2 is 1.91 bits per heavy atom. The summed E-state index contributed by atoms with van der Waals surface area (Å²) in [6.45, 7) is 1.63. The van der Waals surface area contributed by atoms with Gasteiger partial charge in [-0.05, 0) is 30.7 Å². The van der Waals surface area contributed by atoms with Crippen LogP contribution in [0.2, 0.25) is 0 Å². The van der Waals surface area contributed by atoms with Crippen molar-refractivity contribution in [2.45, 2.75) is 13.0 Å². The van der Waals surface area contributed by atoms with Crippen molar-refractivity contribution in [2.75, 3.05) is 13.2 Å². The molecule has 2 rings (SSSR count). The second-order valence-corrected chi connectivity index (χ2v) is 4.95. The quantitative estimate of drug-likeness (QED) is 0.811. The van der Waals surface area contributed by atoms with Gasteiger partial charge in [-0.25, -0.2) is 0 Å². The molecule has 0 fully saturated rings. The van der Waals surface area contributed by atoms with Gasteiger partial charge >= 0.3 is 0 Å². The van der Waals surface area contributed by atoms with Crippen LogP contribution in [0.1, 0.15) is 18.5 Å². The SMILES string of the molecule is CC(NC(=O)CNC(=O)COc1ccccc1)c1cccnc1. The average molecular weight is 313 g/mol. The van der Waals surface area contributed by atoms with Crippen LogP contribution in [0.25, 0.3) is 0 Å². The monoisotopic (exact) mass is 313 g/mol. The molecule has 0 aliphatic rings. The first-order valence-electron chi connectivity index (χ1n) is 7.29. The number of rotatable bonds is 7. The molecule has 23 heavy (non-hydrogen) atoms. The Bertz CT molecular complexity index is 632. The van der Waals surface area contributed by atoms with Crippen molar-refractivity contribution >= 4 is 11.8 Å². The summed E-state index contributed by atoms with van der Waals surface area (Å²) in [6.07, 6.45) is 3.36. The van der Waals surface area contributed by atoms with Gasteiger partial charge < -0.3 is 15.4 Å². The van der Waals surface area contributed by atoms with Gasteiger partial charge in [-0.1, -0.05) is 24.3 Å². The highest BCUT2D eigenvalue weighted by Gasteiger charge is 2.11. The number of nitrogens with zero attached hydrogens (tertiary/aromatic N) is 1. The Morgan fingerprint density at radius 1 is 1.13 bits per heavy atom. The lowest BCUT2D eigenvalue weighted by molar-refractivity contribution is -0.127. The Labute approximate surface area is 134 Å². The third-order valence-electron chi connectivity index (χ3n) is 3.12. The van der Waals surface area contributed by atoms with Crippen molar-refractivity contribution in [3.63, 3.8) is 0 Å². The number of hydrogen-bond donors (Lipinski definition) is 2. The average Bonchev–Trinajstić information content (AvgIpc) is 2.60. The fourth-order valence-corrected chi connectivity index (χ4v) is 1.90. The van der Waals surface area contributed by atoms with E-state index in [1.165, 1.54) is 0 Å². The molecule has 0 radical (unpaired) electrons. The molecule has 2 N–H and O–H groups in total. The van der Waals surface area contributed by atoms with Crippen LogP contribution in [-0.2, 0) is 9.59 Å². The van der Waals surface area contributed by atoms with Crippen LogP contribution in [0, 0.1) is 0 Å². The summed E-state index contributed by atoms with van der Waals surface area (Å²) in [4.78, 5) is 27.5. The molecule has 0 saturated carbocycles. The molecule has 0 bridgehead atoms. The molecule has 2 amide bonds. The van der Waals surface area contributed by atoms with Crippen molar-refractivity contribution in [2.24, 2.45) is 0 Å². The first kappa shape index (κ1) is 16.5. The zero-order valence-electron chi connectivity index (χ0n) is 12.9. The first-order chi connectivity index (χ1) is 11.1. The van der Waals surface area contributed by atoms with Gasteiger partial charge in [-0.15, -0.1) is 0 Å². The van der Waals surface area contributed by atoms with Crippen LogP contribution in [-0.4, -0.2) is 29.9 Å². The van der Waals surface area contributed by atoms with E-state index in [-0.39, 0.29) is 31.0 Å². The third-order valence-corrected chi connectivity index (χ3v) is 3.12. The Morgan fingerprint density at radius 3 is 2.61 bits per heavy atom. The topological polar surface area (TPSA) is 80.3 Å². The maximum Gasteiger partial charge on any atom is 0.258 e. The normalized spacial score (nSPS) is 11.3. The second kappa shape index (κ2) is 8.53. The third kappa shape index (κ3) is 5.78. The smallest absolute Gasteiger partial charge is 0.258 e. The second-order valence-electron chi connectivity index (χ2n) is 4.95. The minimum Gasteiger partial charge on any atom is -0.484 e. The minimum atomic E-state index is -0.349. The highest BCUT2D eigenvalue weighted by molar-refractivity contribution is 5.85. The molecular formula is C17H19N3O3. The molecule has 6 nitrogen and oxygen atoms in total. The van der Waals surface area contributed by atoms with Crippen molar-refractivity contribution in [3.8, 4) is 5.75 Å². The van der Waals surface area contributed by atoms with E-state index < -0.39 is 0 Å². The van der Waals surface area contributed by atoms with Gasteiger partial charge in [-0.2, -0.15) is 0 Å². The van der Waals surface area contributed by atoms with Crippen molar-refractivity contribution in [1.82, 2.24) is 15.6 Å². The largest absolute Gasteiger partial charge is 0.484 e. The first-order valence-corrected chi connectivity index (χ1v) is 7.29. The van der Waals surface area contributed by atoms with Gasteiger partial charge in [0, 0.05) is 12.4 Å². The van der Waals surface area contributed by atoms with Crippen LogP contribution < -0.4 is 15.4 Å². The Balaban J connectivity index is 1.68. The fraction of sp³-hybridized carbons (Fsp3) is 0.235. The van der Waals surface area contributed by atoms with E-state index in [4.69, 9.17) is 4.74 Å². The summed E-state index contributed by atoms with van der Waals surface area (Å²) in [5, 5.41) is 5.31. The predicted molar refractivity (Wildman–Crippen MR) is 85.7 cm³/mol. The minimum absolute atomic E-state index is 0.0956. The van der Waals surface area contributed by atoms with E-state index in [0.29, 0.717) is 5.75 Å². The lowest BCUT2D eigenvalue weighted by Gasteiger charge is -2.14. The molecule has 120 valence electrons. The standard InChI is InChI=1S/C17H19N3O3/c1-13(14-6-5-9-18-10-14)20-16(21)11-19-17(22)12-23-15-7-3-2-4-8-15/h2-10,13H,11-12H2,1H3,(H,19,22)(H,20,21). The number of amides is 2. The molecule has 2 aromatic rings. The maximum absolute atomic E-state index is 11.8. The fourth-order valence-electron chi connectivity index (χ4n) is 1.90. The molecule has 1 unspecified atom stereocenters. The van der Waals surface area contributed by atoms with Crippen molar-refractivity contribution in [3.05, 3.63) is 60.4 Å². The van der Waals surface area contributed by atoms with Crippen LogP contribution in [0.5, 0.6) is 5.75 Å². The van der Waals surface area contributed by atoms with Crippen LogP contribution in [0.4, 0.5) is 0 Å². The molecule has 0 spiro atoms. The summed E-state index contributed by atoms with van der Waals surface area (Å²) in [7, 11) is 0. The van der Waals surface area contributed by atoms with Gasteiger partial charge in [0.1, 0.15) is 5.75 Å².